The summed E-state index contributed by atoms with van der Waals surface area (Å²) in [7, 11) is 0. The van der Waals surface area contributed by atoms with Crippen molar-refractivity contribution in [2.75, 3.05) is 13.4 Å². The molecule has 1 aliphatic heterocycles. The molecule has 0 aliphatic carbocycles. The maximum Gasteiger partial charge on any atom is 0.147 e. The van der Waals surface area contributed by atoms with Crippen molar-refractivity contribution < 1.29 is 9.47 Å². The van der Waals surface area contributed by atoms with Gasteiger partial charge in [0.1, 0.15) is 6.79 Å². The molecule has 1 atom stereocenters. The van der Waals surface area contributed by atoms with Crippen LogP contribution in [0.25, 0.3) is 0 Å². The van der Waals surface area contributed by atoms with Gasteiger partial charge in [0, 0.05) is 5.92 Å². The Morgan fingerprint density at radius 3 is 2.75 bits per heavy atom. The van der Waals surface area contributed by atoms with Gasteiger partial charge in [0.25, 0.3) is 0 Å². The highest BCUT2D eigenvalue weighted by molar-refractivity contribution is 4.80. The van der Waals surface area contributed by atoms with Crippen molar-refractivity contribution in [3.05, 3.63) is 0 Å². The summed E-state index contributed by atoms with van der Waals surface area (Å²) in [5.41, 5.74) is 0.0212. The van der Waals surface area contributed by atoms with E-state index in [1.807, 2.05) is 0 Å². The zero-order valence-corrected chi connectivity index (χ0v) is 8.43. The molecule has 0 spiro atoms. The van der Waals surface area contributed by atoms with Gasteiger partial charge in [-0.3, -0.25) is 0 Å². The average molecular weight is 172 g/mol. The van der Waals surface area contributed by atoms with E-state index in [0.29, 0.717) is 12.7 Å². The first-order valence-electron chi connectivity index (χ1n) is 4.88. The summed E-state index contributed by atoms with van der Waals surface area (Å²) in [4.78, 5) is 0. The Bertz CT molecular complexity index is 132. The molecule has 72 valence electrons. The third-order valence-corrected chi connectivity index (χ3v) is 2.72. The number of ether oxygens (including phenoxy) is 2. The molecule has 1 saturated heterocycles. The van der Waals surface area contributed by atoms with Gasteiger partial charge in [-0.2, -0.15) is 0 Å². The van der Waals surface area contributed by atoms with Crippen LogP contribution in [0.3, 0.4) is 0 Å². The molecule has 0 saturated carbocycles. The second-order valence-corrected chi connectivity index (χ2v) is 4.08. The van der Waals surface area contributed by atoms with E-state index >= 15 is 0 Å². The molecule has 1 fully saturated rings. The summed E-state index contributed by atoms with van der Waals surface area (Å²) in [6.07, 6.45) is 3.76. The molecular formula is C10H20O2. The van der Waals surface area contributed by atoms with Gasteiger partial charge in [0.2, 0.25) is 0 Å². The van der Waals surface area contributed by atoms with Crippen LogP contribution in [0.5, 0.6) is 0 Å². The average Bonchev–Trinajstić information content (AvgIpc) is 2.02. The van der Waals surface area contributed by atoms with Crippen LogP contribution in [0.1, 0.15) is 40.0 Å². The van der Waals surface area contributed by atoms with Crippen molar-refractivity contribution in [2.24, 2.45) is 5.92 Å². The SMILES string of the molecule is CCCCC1COCOC1(C)C. The maximum atomic E-state index is 5.55. The third kappa shape index (κ3) is 2.46. The van der Waals surface area contributed by atoms with E-state index in [2.05, 4.69) is 20.8 Å². The van der Waals surface area contributed by atoms with Gasteiger partial charge in [0.15, 0.2) is 0 Å². The van der Waals surface area contributed by atoms with Gasteiger partial charge in [0.05, 0.1) is 12.2 Å². The topological polar surface area (TPSA) is 18.5 Å². The Balaban J connectivity index is 2.37. The zero-order chi connectivity index (χ0) is 9.03. The van der Waals surface area contributed by atoms with Crippen LogP contribution in [0, 0.1) is 5.92 Å². The fraction of sp³-hybridized carbons (Fsp3) is 1.00. The molecule has 0 N–H and O–H groups in total. The van der Waals surface area contributed by atoms with Crippen LogP contribution >= 0.6 is 0 Å². The van der Waals surface area contributed by atoms with Gasteiger partial charge < -0.3 is 9.47 Å². The van der Waals surface area contributed by atoms with E-state index in [0.717, 1.165) is 6.61 Å². The molecule has 0 aromatic carbocycles. The fourth-order valence-electron chi connectivity index (χ4n) is 1.58. The smallest absolute Gasteiger partial charge is 0.147 e. The Labute approximate surface area is 75.2 Å². The quantitative estimate of drug-likeness (QED) is 0.651. The summed E-state index contributed by atoms with van der Waals surface area (Å²) in [6.45, 7) is 7.88. The third-order valence-electron chi connectivity index (χ3n) is 2.72. The van der Waals surface area contributed by atoms with Crippen molar-refractivity contribution in [3.8, 4) is 0 Å². The van der Waals surface area contributed by atoms with Crippen molar-refractivity contribution in [2.45, 2.75) is 45.6 Å². The van der Waals surface area contributed by atoms with E-state index in [4.69, 9.17) is 9.47 Å². The van der Waals surface area contributed by atoms with Gasteiger partial charge in [-0.25, -0.2) is 0 Å². The number of unbranched alkanes of at least 4 members (excludes halogenated alkanes) is 1. The molecule has 0 radical (unpaired) electrons. The lowest BCUT2D eigenvalue weighted by molar-refractivity contribution is -0.212. The normalized spacial score (nSPS) is 28.8. The molecule has 2 heteroatoms. The molecule has 2 nitrogen and oxygen atoms in total. The molecule has 1 unspecified atom stereocenters. The van der Waals surface area contributed by atoms with Crippen LogP contribution in [0.4, 0.5) is 0 Å². The molecule has 1 heterocycles. The van der Waals surface area contributed by atoms with Crippen LogP contribution in [0.2, 0.25) is 0 Å². The summed E-state index contributed by atoms with van der Waals surface area (Å²) >= 11 is 0. The Hall–Kier alpha value is -0.0800. The van der Waals surface area contributed by atoms with Crippen LogP contribution in [0.15, 0.2) is 0 Å². The Morgan fingerprint density at radius 1 is 1.42 bits per heavy atom. The van der Waals surface area contributed by atoms with Crippen molar-refractivity contribution in [1.29, 1.82) is 0 Å². The molecule has 0 aromatic heterocycles. The Morgan fingerprint density at radius 2 is 2.17 bits per heavy atom. The highest BCUT2D eigenvalue weighted by atomic mass is 16.7. The first kappa shape index (κ1) is 10.0. The van der Waals surface area contributed by atoms with Crippen molar-refractivity contribution in [1.82, 2.24) is 0 Å². The van der Waals surface area contributed by atoms with E-state index in [9.17, 15) is 0 Å². The molecule has 0 aromatic rings. The van der Waals surface area contributed by atoms with Crippen LogP contribution < -0.4 is 0 Å². The minimum absolute atomic E-state index is 0.0212. The van der Waals surface area contributed by atoms with Gasteiger partial charge in [-0.15, -0.1) is 0 Å². The minimum Gasteiger partial charge on any atom is -0.355 e. The molecule has 1 aliphatic rings. The fourth-order valence-corrected chi connectivity index (χ4v) is 1.58. The van der Waals surface area contributed by atoms with E-state index in [1.54, 1.807) is 0 Å². The predicted molar refractivity (Wildman–Crippen MR) is 49.0 cm³/mol. The minimum atomic E-state index is 0.0212. The standard InChI is InChI=1S/C10H20O2/c1-4-5-6-9-7-11-8-12-10(9,2)3/h9H,4-8H2,1-3H3. The molecule has 0 amide bonds. The van der Waals surface area contributed by atoms with Gasteiger partial charge >= 0.3 is 0 Å². The summed E-state index contributed by atoms with van der Waals surface area (Å²) in [5, 5.41) is 0. The van der Waals surface area contributed by atoms with Crippen molar-refractivity contribution in [3.63, 3.8) is 0 Å². The zero-order valence-electron chi connectivity index (χ0n) is 8.43. The van der Waals surface area contributed by atoms with Crippen molar-refractivity contribution >= 4 is 0 Å². The van der Waals surface area contributed by atoms with E-state index in [1.165, 1.54) is 19.3 Å². The molecular weight excluding hydrogens is 152 g/mol. The largest absolute Gasteiger partial charge is 0.355 e. The first-order chi connectivity index (χ1) is 5.67. The van der Waals surface area contributed by atoms with Gasteiger partial charge in [-0.05, 0) is 20.3 Å². The lowest BCUT2D eigenvalue weighted by Crippen LogP contribution is -2.42. The molecule has 0 bridgehead atoms. The summed E-state index contributed by atoms with van der Waals surface area (Å²) in [6, 6.07) is 0. The Kier molecular flexibility index (Phi) is 3.53. The lowest BCUT2D eigenvalue weighted by Gasteiger charge is -2.38. The maximum absolute atomic E-state index is 5.55. The lowest BCUT2D eigenvalue weighted by atomic mass is 9.86. The number of hydrogen-bond acceptors (Lipinski definition) is 2. The highest BCUT2D eigenvalue weighted by Crippen LogP contribution is 2.29. The van der Waals surface area contributed by atoms with Crippen LogP contribution in [-0.4, -0.2) is 19.0 Å². The van der Waals surface area contributed by atoms with E-state index < -0.39 is 0 Å². The van der Waals surface area contributed by atoms with Crippen LogP contribution in [-0.2, 0) is 9.47 Å². The molecule has 12 heavy (non-hydrogen) atoms. The number of rotatable bonds is 3. The van der Waals surface area contributed by atoms with Gasteiger partial charge in [-0.1, -0.05) is 19.8 Å². The molecule has 1 rings (SSSR count). The monoisotopic (exact) mass is 172 g/mol. The highest BCUT2D eigenvalue weighted by Gasteiger charge is 2.33. The van der Waals surface area contributed by atoms with E-state index in [-0.39, 0.29) is 5.60 Å². The first-order valence-corrected chi connectivity index (χ1v) is 4.88. The number of hydrogen-bond donors (Lipinski definition) is 0. The summed E-state index contributed by atoms with van der Waals surface area (Å²) in [5.74, 6) is 0.575. The summed E-state index contributed by atoms with van der Waals surface area (Å²) < 4.78 is 10.8. The predicted octanol–water partition coefficient (Wildman–Crippen LogP) is 2.58. The second-order valence-electron chi connectivity index (χ2n) is 4.08. The second kappa shape index (κ2) is 4.24.